The van der Waals surface area contributed by atoms with Crippen LogP contribution >= 0.6 is 0 Å². The highest BCUT2D eigenvalue weighted by molar-refractivity contribution is 7.89. The molecule has 4 rings (SSSR count). The van der Waals surface area contributed by atoms with Gasteiger partial charge in [-0.15, -0.1) is 0 Å². The highest BCUT2D eigenvalue weighted by Crippen LogP contribution is 2.24. The van der Waals surface area contributed by atoms with Crippen molar-refractivity contribution in [1.29, 1.82) is 0 Å². The molecule has 1 saturated heterocycles. The molecule has 1 saturated carbocycles. The molecule has 0 bridgehead atoms. The minimum Gasteiger partial charge on any atom is -0.352 e. The number of fused-ring (bicyclic) bond motifs is 1. The van der Waals surface area contributed by atoms with Gasteiger partial charge < -0.3 is 9.88 Å². The summed E-state index contributed by atoms with van der Waals surface area (Å²) in [6, 6.07) is 8.53. The van der Waals surface area contributed by atoms with Crippen molar-refractivity contribution in [2.75, 3.05) is 31.9 Å². The first-order chi connectivity index (χ1) is 13.5. The van der Waals surface area contributed by atoms with Crippen LogP contribution < -0.4 is 5.32 Å². The molecule has 1 aromatic carbocycles. The van der Waals surface area contributed by atoms with Crippen LogP contribution in [0.2, 0.25) is 0 Å². The molecule has 0 unspecified atom stereocenters. The fraction of sp³-hybridized carbons (Fsp3) is 0.550. The summed E-state index contributed by atoms with van der Waals surface area (Å²) in [6.45, 7) is 5.31. The van der Waals surface area contributed by atoms with Crippen LogP contribution in [-0.4, -0.2) is 66.1 Å². The Balaban J connectivity index is 1.46. The van der Waals surface area contributed by atoms with Gasteiger partial charge in [0.05, 0.1) is 5.75 Å². The number of nitrogens with one attached hydrogen (secondary N) is 1. The summed E-state index contributed by atoms with van der Waals surface area (Å²) < 4.78 is 27.7. The predicted molar refractivity (Wildman–Crippen MR) is 109 cm³/mol. The van der Waals surface area contributed by atoms with Crippen LogP contribution in [0.1, 0.15) is 25.3 Å². The molecule has 2 fully saturated rings. The molecule has 1 N–H and O–H groups in total. The third-order valence-corrected chi connectivity index (χ3v) is 7.49. The zero-order valence-electron chi connectivity index (χ0n) is 16.3. The third kappa shape index (κ3) is 4.24. The van der Waals surface area contributed by atoms with E-state index in [1.54, 1.807) is 11.2 Å². The molecule has 28 heavy (non-hydrogen) atoms. The second-order valence-corrected chi connectivity index (χ2v) is 9.97. The van der Waals surface area contributed by atoms with Gasteiger partial charge >= 0.3 is 0 Å². The zero-order valence-corrected chi connectivity index (χ0v) is 17.1. The predicted octanol–water partition coefficient (Wildman–Crippen LogP) is 1.39. The van der Waals surface area contributed by atoms with Crippen LogP contribution in [-0.2, 0) is 27.9 Å². The molecule has 152 valence electrons. The first kappa shape index (κ1) is 19.4. The van der Waals surface area contributed by atoms with Crippen LogP contribution in [0.3, 0.4) is 0 Å². The van der Waals surface area contributed by atoms with Crippen molar-refractivity contribution in [2.45, 2.75) is 38.9 Å². The lowest BCUT2D eigenvalue weighted by Crippen LogP contribution is -2.48. The number of rotatable bonds is 7. The minimum absolute atomic E-state index is 0.0631. The molecule has 0 spiro atoms. The fourth-order valence-electron chi connectivity index (χ4n) is 3.82. The molecule has 1 aliphatic heterocycles. The van der Waals surface area contributed by atoms with E-state index in [0.29, 0.717) is 25.7 Å². The number of nitrogens with zero attached hydrogens (tertiary/aromatic N) is 3. The van der Waals surface area contributed by atoms with Gasteiger partial charge in [-0.25, -0.2) is 8.42 Å². The number of hydrogen-bond donors (Lipinski definition) is 1. The van der Waals surface area contributed by atoms with Crippen LogP contribution in [0.25, 0.3) is 10.9 Å². The van der Waals surface area contributed by atoms with Crippen molar-refractivity contribution in [3.8, 4) is 0 Å². The van der Waals surface area contributed by atoms with Gasteiger partial charge in [0, 0.05) is 55.9 Å². The smallest absolute Gasteiger partial charge is 0.240 e. The fourth-order valence-corrected chi connectivity index (χ4v) is 4.91. The standard InChI is InChI=1S/C20H28N4O3S/c1-2-28(26,27)24-11-9-22(10-12-24)13-16-14-23(15-20(25)21-17-7-8-17)19-6-4-3-5-18(16)19/h3-6,14,17H,2,7-13,15H2,1H3,(H,21,25). The molecule has 1 aromatic heterocycles. The zero-order chi connectivity index (χ0) is 19.7. The SMILES string of the molecule is CCS(=O)(=O)N1CCN(Cc2cn(CC(=O)NC3CC3)c3ccccc23)CC1. The van der Waals surface area contributed by atoms with Crippen LogP contribution in [0.4, 0.5) is 0 Å². The first-order valence-corrected chi connectivity index (χ1v) is 11.6. The van der Waals surface area contributed by atoms with Gasteiger partial charge in [-0.05, 0) is 31.4 Å². The normalized spacial score (nSPS) is 19.2. The maximum atomic E-state index is 12.3. The van der Waals surface area contributed by atoms with E-state index in [1.807, 2.05) is 16.7 Å². The molecule has 1 amide bonds. The summed E-state index contributed by atoms with van der Waals surface area (Å²) in [5.74, 6) is 0.219. The molecular weight excluding hydrogens is 376 g/mol. The Kier molecular flexibility index (Phi) is 5.44. The van der Waals surface area contributed by atoms with E-state index in [-0.39, 0.29) is 11.7 Å². The van der Waals surface area contributed by atoms with Crippen molar-refractivity contribution in [2.24, 2.45) is 0 Å². The Bertz CT molecular complexity index is 957. The van der Waals surface area contributed by atoms with Gasteiger partial charge in [0.15, 0.2) is 0 Å². The van der Waals surface area contributed by atoms with E-state index in [0.717, 1.165) is 43.4 Å². The number of amides is 1. The lowest BCUT2D eigenvalue weighted by molar-refractivity contribution is -0.121. The lowest BCUT2D eigenvalue weighted by Gasteiger charge is -2.33. The van der Waals surface area contributed by atoms with Crippen molar-refractivity contribution < 1.29 is 13.2 Å². The molecule has 1 aliphatic carbocycles. The number of para-hydroxylation sites is 1. The summed E-state index contributed by atoms with van der Waals surface area (Å²) in [5.41, 5.74) is 2.25. The minimum atomic E-state index is -3.11. The lowest BCUT2D eigenvalue weighted by atomic mass is 10.1. The van der Waals surface area contributed by atoms with E-state index in [4.69, 9.17) is 0 Å². The molecular formula is C20H28N4O3S. The molecule has 0 atom stereocenters. The van der Waals surface area contributed by atoms with Crippen LogP contribution in [0.15, 0.2) is 30.5 Å². The van der Waals surface area contributed by atoms with Gasteiger partial charge in [0.25, 0.3) is 0 Å². The number of piperazine rings is 1. The van der Waals surface area contributed by atoms with Gasteiger partial charge in [0.2, 0.25) is 15.9 Å². The second-order valence-electron chi connectivity index (χ2n) is 7.72. The Morgan fingerprint density at radius 2 is 1.86 bits per heavy atom. The molecule has 2 aliphatic rings. The number of benzene rings is 1. The summed E-state index contributed by atoms with van der Waals surface area (Å²) in [4.78, 5) is 14.5. The average molecular weight is 405 g/mol. The van der Waals surface area contributed by atoms with E-state index in [2.05, 4.69) is 28.5 Å². The quantitative estimate of drug-likeness (QED) is 0.757. The van der Waals surface area contributed by atoms with Crippen LogP contribution in [0.5, 0.6) is 0 Å². The van der Waals surface area contributed by atoms with Crippen LogP contribution in [0, 0.1) is 0 Å². The summed E-state index contributed by atoms with van der Waals surface area (Å²) in [5, 5.41) is 4.21. The first-order valence-electron chi connectivity index (χ1n) is 10.0. The Morgan fingerprint density at radius 1 is 1.14 bits per heavy atom. The molecule has 0 radical (unpaired) electrons. The Hall–Kier alpha value is -1.90. The number of aromatic nitrogens is 1. The summed E-state index contributed by atoms with van der Waals surface area (Å²) in [6.07, 6.45) is 4.25. The second kappa shape index (κ2) is 7.85. The van der Waals surface area contributed by atoms with Gasteiger partial charge in [-0.2, -0.15) is 4.31 Å². The highest BCUT2D eigenvalue weighted by atomic mass is 32.2. The maximum absolute atomic E-state index is 12.3. The molecule has 2 heterocycles. The number of carbonyl (C=O) groups excluding carboxylic acids is 1. The number of carbonyl (C=O) groups is 1. The average Bonchev–Trinajstić information content (AvgIpc) is 3.44. The van der Waals surface area contributed by atoms with E-state index < -0.39 is 10.0 Å². The Morgan fingerprint density at radius 3 is 2.54 bits per heavy atom. The van der Waals surface area contributed by atoms with E-state index in [9.17, 15) is 13.2 Å². The summed E-state index contributed by atoms with van der Waals surface area (Å²) in [7, 11) is -3.11. The van der Waals surface area contributed by atoms with Crippen molar-refractivity contribution in [3.05, 3.63) is 36.0 Å². The largest absolute Gasteiger partial charge is 0.352 e. The number of sulfonamides is 1. The molecule has 2 aromatic rings. The van der Waals surface area contributed by atoms with E-state index >= 15 is 0 Å². The van der Waals surface area contributed by atoms with Gasteiger partial charge in [-0.3, -0.25) is 9.69 Å². The van der Waals surface area contributed by atoms with Gasteiger partial charge in [-0.1, -0.05) is 18.2 Å². The topological polar surface area (TPSA) is 74.7 Å². The third-order valence-electron chi connectivity index (χ3n) is 5.61. The summed E-state index contributed by atoms with van der Waals surface area (Å²) >= 11 is 0. The molecule has 7 nitrogen and oxygen atoms in total. The Labute approximate surface area is 166 Å². The van der Waals surface area contributed by atoms with Gasteiger partial charge in [0.1, 0.15) is 6.54 Å². The highest BCUT2D eigenvalue weighted by Gasteiger charge is 2.26. The van der Waals surface area contributed by atoms with E-state index in [1.165, 1.54) is 5.56 Å². The molecule has 8 heteroatoms. The van der Waals surface area contributed by atoms with Crippen molar-refractivity contribution >= 4 is 26.8 Å². The number of hydrogen-bond acceptors (Lipinski definition) is 4. The van der Waals surface area contributed by atoms with Crippen molar-refractivity contribution in [3.63, 3.8) is 0 Å². The van der Waals surface area contributed by atoms with Crippen molar-refractivity contribution in [1.82, 2.24) is 19.1 Å². The monoisotopic (exact) mass is 404 g/mol. The maximum Gasteiger partial charge on any atom is 0.240 e.